The SMILES string of the molecule is COc1cc(C(=O)OCCOCCN(C)C)ccc1NC(=O)[C@@H]1N[C@@H](CC(C)(C)C)[C@](C#N)(c2ccc(Cl)cc2F)[C@H]1c1cccc(Cl)c1F. The number of hydrogen-bond donors (Lipinski definition) is 2. The summed E-state index contributed by atoms with van der Waals surface area (Å²) in [6.45, 7) is 7.36. The number of hydrogen-bond acceptors (Lipinski definition) is 8. The molecule has 4 atom stereocenters. The third-order valence-electron chi connectivity index (χ3n) is 8.57. The fourth-order valence-corrected chi connectivity index (χ4v) is 6.66. The number of nitrogens with one attached hydrogen (secondary N) is 2. The van der Waals surface area contributed by atoms with Crippen molar-refractivity contribution in [3.63, 3.8) is 0 Å². The lowest BCUT2D eigenvalue weighted by Gasteiger charge is -2.37. The molecular formula is C37H42Cl2F2N4O5. The molecule has 1 aliphatic rings. The van der Waals surface area contributed by atoms with E-state index in [1.807, 2.05) is 39.8 Å². The van der Waals surface area contributed by atoms with E-state index in [2.05, 4.69) is 16.7 Å². The van der Waals surface area contributed by atoms with Gasteiger partial charge in [-0.15, -0.1) is 0 Å². The van der Waals surface area contributed by atoms with E-state index in [1.54, 1.807) is 0 Å². The molecule has 1 aliphatic heterocycles. The second-order valence-corrected chi connectivity index (χ2v) is 14.5. The average molecular weight is 732 g/mol. The Bertz CT molecular complexity index is 1750. The number of nitriles is 1. The molecule has 0 aromatic heterocycles. The largest absolute Gasteiger partial charge is 0.495 e. The topological polar surface area (TPSA) is 113 Å². The van der Waals surface area contributed by atoms with Crippen molar-refractivity contribution in [3.8, 4) is 11.8 Å². The van der Waals surface area contributed by atoms with Gasteiger partial charge in [-0.3, -0.25) is 4.79 Å². The molecule has 1 heterocycles. The normalized spacial score (nSPS) is 20.4. The fraction of sp³-hybridized carbons (Fsp3) is 0.432. The number of methoxy groups -OCH3 is 1. The van der Waals surface area contributed by atoms with Crippen LogP contribution >= 0.6 is 23.2 Å². The van der Waals surface area contributed by atoms with Crippen LogP contribution in [0.5, 0.6) is 5.75 Å². The number of esters is 1. The molecule has 1 saturated heterocycles. The van der Waals surface area contributed by atoms with Crippen LogP contribution in [0.25, 0.3) is 0 Å². The zero-order valence-corrected chi connectivity index (χ0v) is 30.4. The second-order valence-electron chi connectivity index (χ2n) is 13.6. The first-order valence-electron chi connectivity index (χ1n) is 16.1. The van der Waals surface area contributed by atoms with Crippen molar-refractivity contribution in [2.24, 2.45) is 5.41 Å². The smallest absolute Gasteiger partial charge is 0.338 e. The Morgan fingerprint density at radius 1 is 1.06 bits per heavy atom. The summed E-state index contributed by atoms with van der Waals surface area (Å²) in [4.78, 5) is 29.0. The first-order chi connectivity index (χ1) is 23.6. The molecule has 0 saturated carbocycles. The van der Waals surface area contributed by atoms with Crippen molar-refractivity contribution >= 4 is 40.8 Å². The maximum Gasteiger partial charge on any atom is 0.338 e. The molecule has 268 valence electrons. The molecule has 3 aromatic rings. The molecule has 0 unspecified atom stereocenters. The first kappa shape index (κ1) is 39.0. The van der Waals surface area contributed by atoms with Crippen LogP contribution in [-0.4, -0.2) is 76.4 Å². The Morgan fingerprint density at radius 3 is 2.44 bits per heavy atom. The van der Waals surface area contributed by atoms with E-state index in [-0.39, 0.29) is 51.4 Å². The van der Waals surface area contributed by atoms with Crippen molar-refractivity contribution in [1.82, 2.24) is 10.2 Å². The molecule has 2 N–H and O–H groups in total. The summed E-state index contributed by atoms with van der Waals surface area (Å²) < 4.78 is 48.2. The van der Waals surface area contributed by atoms with Crippen LogP contribution in [-0.2, 0) is 19.7 Å². The highest BCUT2D eigenvalue weighted by Gasteiger charge is 2.61. The van der Waals surface area contributed by atoms with Crippen LogP contribution in [0.3, 0.4) is 0 Å². The van der Waals surface area contributed by atoms with E-state index in [4.69, 9.17) is 37.4 Å². The number of nitrogens with zero attached hydrogens (tertiary/aromatic N) is 2. The van der Waals surface area contributed by atoms with Gasteiger partial charge in [-0.2, -0.15) is 5.26 Å². The van der Waals surface area contributed by atoms with Crippen LogP contribution in [0.4, 0.5) is 14.5 Å². The lowest BCUT2D eigenvalue weighted by molar-refractivity contribution is -0.118. The third-order valence-corrected chi connectivity index (χ3v) is 9.10. The zero-order valence-electron chi connectivity index (χ0n) is 28.9. The van der Waals surface area contributed by atoms with Crippen molar-refractivity contribution in [2.75, 3.05) is 52.9 Å². The number of rotatable bonds is 13. The number of carbonyl (C=O) groups is 2. The maximum atomic E-state index is 16.0. The van der Waals surface area contributed by atoms with Crippen LogP contribution in [0.2, 0.25) is 10.0 Å². The minimum Gasteiger partial charge on any atom is -0.495 e. The highest BCUT2D eigenvalue weighted by atomic mass is 35.5. The van der Waals surface area contributed by atoms with Gasteiger partial charge in [-0.1, -0.05) is 62.2 Å². The number of likely N-dealkylation sites (N-methyl/N-ethyl adjacent to an activating group) is 1. The van der Waals surface area contributed by atoms with Crippen LogP contribution < -0.4 is 15.4 Å². The van der Waals surface area contributed by atoms with E-state index < -0.39 is 52.3 Å². The summed E-state index contributed by atoms with van der Waals surface area (Å²) in [5, 5.41) is 17.1. The number of ether oxygens (including phenoxy) is 3. The number of halogens is 4. The Balaban J connectivity index is 1.71. The average Bonchev–Trinajstić information content (AvgIpc) is 3.36. The lowest BCUT2D eigenvalue weighted by Crippen LogP contribution is -2.45. The van der Waals surface area contributed by atoms with Gasteiger partial charge in [-0.05, 0) is 67.9 Å². The van der Waals surface area contributed by atoms with Gasteiger partial charge in [0.05, 0.1) is 48.7 Å². The molecule has 1 fully saturated rings. The van der Waals surface area contributed by atoms with Crippen LogP contribution in [0.1, 0.15) is 54.6 Å². The number of anilines is 1. The third kappa shape index (κ3) is 8.74. The maximum absolute atomic E-state index is 16.0. The lowest BCUT2D eigenvalue weighted by atomic mass is 9.62. The molecule has 4 rings (SSSR count). The number of amides is 1. The Morgan fingerprint density at radius 2 is 1.80 bits per heavy atom. The summed E-state index contributed by atoms with van der Waals surface area (Å²) in [6.07, 6.45) is 0.311. The molecule has 1 amide bonds. The molecule has 0 bridgehead atoms. The second kappa shape index (κ2) is 16.5. The number of carbonyl (C=O) groups excluding carboxylic acids is 2. The monoisotopic (exact) mass is 730 g/mol. The summed E-state index contributed by atoms with van der Waals surface area (Å²) in [5.41, 5.74) is -1.88. The van der Waals surface area contributed by atoms with Gasteiger partial charge in [0, 0.05) is 29.1 Å². The van der Waals surface area contributed by atoms with Gasteiger partial charge < -0.3 is 29.7 Å². The van der Waals surface area contributed by atoms with Crippen LogP contribution in [0.15, 0.2) is 54.6 Å². The highest BCUT2D eigenvalue weighted by molar-refractivity contribution is 6.31. The molecule has 0 spiro atoms. The quantitative estimate of drug-likeness (QED) is 0.143. The summed E-state index contributed by atoms with van der Waals surface area (Å²) in [7, 11) is 5.23. The summed E-state index contributed by atoms with van der Waals surface area (Å²) in [6, 6.07) is 12.9. The Labute approximate surface area is 301 Å². The fourth-order valence-electron chi connectivity index (χ4n) is 6.31. The molecule has 13 heteroatoms. The van der Waals surface area contributed by atoms with Crippen molar-refractivity contribution in [1.29, 1.82) is 5.26 Å². The van der Waals surface area contributed by atoms with E-state index >= 15 is 8.78 Å². The van der Waals surface area contributed by atoms with Gasteiger partial charge in [0.2, 0.25) is 5.91 Å². The van der Waals surface area contributed by atoms with Crippen molar-refractivity contribution < 1.29 is 32.6 Å². The predicted molar refractivity (Wildman–Crippen MR) is 189 cm³/mol. The van der Waals surface area contributed by atoms with Crippen molar-refractivity contribution in [3.05, 3.63) is 93.0 Å². The molecular weight excluding hydrogens is 689 g/mol. The highest BCUT2D eigenvalue weighted by Crippen LogP contribution is 2.53. The minimum atomic E-state index is -1.79. The van der Waals surface area contributed by atoms with Crippen molar-refractivity contribution in [2.45, 2.75) is 50.6 Å². The van der Waals surface area contributed by atoms with E-state index in [0.29, 0.717) is 13.0 Å². The Hall–Kier alpha value is -3.79. The predicted octanol–water partition coefficient (Wildman–Crippen LogP) is 6.98. The summed E-state index contributed by atoms with van der Waals surface area (Å²) >= 11 is 12.3. The number of benzene rings is 3. The minimum absolute atomic E-state index is 0.0330. The van der Waals surface area contributed by atoms with E-state index in [0.717, 1.165) is 12.6 Å². The van der Waals surface area contributed by atoms with E-state index in [9.17, 15) is 14.9 Å². The van der Waals surface area contributed by atoms with Gasteiger partial charge >= 0.3 is 5.97 Å². The molecule has 50 heavy (non-hydrogen) atoms. The molecule has 9 nitrogen and oxygen atoms in total. The van der Waals surface area contributed by atoms with Gasteiger partial charge in [0.25, 0.3) is 0 Å². The van der Waals surface area contributed by atoms with E-state index in [1.165, 1.54) is 55.6 Å². The summed E-state index contributed by atoms with van der Waals surface area (Å²) in [5.74, 6) is -3.96. The first-order valence-corrected chi connectivity index (χ1v) is 16.8. The Kier molecular flexibility index (Phi) is 12.9. The molecule has 3 aromatic carbocycles. The van der Waals surface area contributed by atoms with Gasteiger partial charge in [0.1, 0.15) is 29.4 Å². The molecule has 0 aliphatic carbocycles. The van der Waals surface area contributed by atoms with Gasteiger partial charge in [-0.25, -0.2) is 13.6 Å². The molecule has 0 radical (unpaired) electrons. The van der Waals surface area contributed by atoms with Gasteiger partial charge in [0.15, 0.2) is 0 Å². The van der Waals surface area contributed by atoms with Crippen LogP contribution in [0, 0.1) is 28.4 Å². The zero-order chi connectivity index (χ0) is 36.8. The standard InChI is InChI=1S/C37H42Cl2F2N4O5/c1-36(2,3)20-30-37(21-42,25-12-11-23(38)19-27(25)40)31(24-8-7-9-26(39)32(24)41)33(44-30)34(46)43-28-13-10-22(18-29(28)48-6)35(47)50-17-16-49-15-14-45(4)5/h7-13,18-19,30-31,33,44H,14-17,20H2,1-6H3,(H,43,46)/t30-,31-,33+,37-/m0/s1.